The molecule has 0 nitrogen and oxygen atoms in total. The van der Waals surface area contributed by atoms with E-state index in [1.807, 2.05) is 36.0 Å². The van der Waals surface area contributed by atoms with Crippen LogP contribution in [0.1, 0.15) is 26.3 Å². The van der Waals surface area contributed by atoms with Crippen LogP contribution in [-0.2, 0) is 0 Å². The van der Waals surface area contributed by atoms with Gasteiger partial charge >= 0.3 is 0 Å². The second-order valence-electron chi connectivity index (χ2n) is 4.01. The molecule has 0 aromatic heterocycles. The van der Waals surface area contributed by atoms with Crippen LogP contribution < -0.4 is 0 Å². The maximum absolute atomic E-state index is 3.82. The van der Waals surface area contributed by atoms with E-state index in [4.69, 9.17) is 0 Å². The molecule has 0 spiro atoms. The zero-order valence-electron chi connectivity index (χ0n) is 11.9. The molecule has 0 saturated carbocycles. The number of benzene rings is 1. The zero-order chi connectivity index (χ0) is 13.8. The third-order valence-electron chi connectivity index (χ3n) is 2.21. The lowest BCUT2D eigenvalue weighted by Crippen LogP contribution is -1.78. The molecule has 18 heavy (non-hydrogen) atoms. The molecule has 0 atom stereocenters. The summed E-state index contributed by atoms with van der Waals surface area (Å²) in [5.41, 5.74) is 3.66. The highest BCUT2D eigenvalue weighted by atomic mass is 32.2. The van der Waals surface area contributed by atoms with Gasteiger partial charge in [-0.15, -0.1) is 0 Å². The lowest BCUT2D eigenvalue weighted by molar-refractivity contribution is 1.39. The Bertz CT molecular complexity index is 379. The summed E-state index contributed by atoms with van der Waals surface area (Å²) in [6, 6.07) is 10.3. The molecular weight excluding hydrogens is 236 g/mol. The standard InChI is InChI=1S/C14H16.C3H8S/c1-4-13(11-10-12(2)3)14-8-6-5-7-9-14;1-3-4-2/h4-11H,1H2,2-3H3;3H2,1-2H3/b13-11+;. The Morgan fingerprint density at radius 3 is 2.11 bits per heavy atom. The Hall–Kier alpha value is -1.21. The number of hydrogen-bond donors (Lipinski definition) is 0. The van der Waals surface area contributed by atoms with Crippen molar-refractivity contribution in [2.24, 2.45) is 0 Å². The molecule has 0 aliphatic rings. The molecule has 0 N–H and O–H groups in total. The first-order valence-corrected chi connectivity index (χ1v) is 7.57. The van der Waals surface area contributed by atoms with Gasteiger partial charge in [0.15, 0.2) is 0 Å². The van der Waals surface area contributed by atoms with Crippen LogP contribution >= 0.6 is 11.8 Å². The number of rotatable bonds is 4. The largest absolute Gasteiger partial charge is 0.166 e. The summed E-state index contributed by atoms with van der Waals surface area (Å²) in [6.45, 7) is 10.1. The summed E-state index contributed by atoms with van der Waals surface area (Å²) in [5, 5.41) is 0. The van der Waals surface area contributed by atoms with Crippen molar-refractivity contribution in [2.75, 3.05) is 12.0 Å². The average molecular weight is 260 g/mol. The van der Waals surface area contributed by atoms with Gasteiger partial charge in [-0.25, -0.2) is 0 Å². The lowest BCUT2D eigenvalue weighted by atomic mass is 10.1. The second-order valence-corrected chi connectivity index (χ2v) is 5.17. The highest BCUT2D eigenvalue weighted by molar-refractivity contribution is 7.98. The van der Waals surface area contributed by atoms with Crippen LogP contribution in [0.25, 0.3) is 5.57 Å². The predicted molar refractivity (Wildman–Crippen MR) is 88.1 cm³/mol. The Balaban J connectivity index is 0.000000631. The number of thioether (sulfide) groups is 1. The molecule has 0 fully saturated rings. The van der Waals surface area contributed by atoms with Gasteiger partial charge in [0.2, 0.25) is 0 Å². The number of hydrogen-bond acceptors (Lipinski definition) is 1. The second kappa shape index (κ2) is 10.9. The summed E-state index contributed by atoms with van der Waals surface area (Å²) < 4.78 is 0. The maximum atomic E-state index is 3.82. The van der Waals surface area contributed by atoms with Crippen LogP contribution in [0.2, 0.25) is 0 Å². The zero-order valence-corrected chi connectivity index (χ0v) is 12.8. The highest BCUT2D eigenvalue weighted by Crippen LogP contribution is 2.15. The minimum atomic E-state index is 1.16. The van der Waals surface area contributed by atoms with Crippen LogP contribution in [0, 0.1) is 0 Å². The van der Waals surface area contributed by atoms with Gasteiger partial charge in [0.05, 0.1) is 0 Å². The molecule has 0 unspecified atom stereocenters. The Labute approximate surface area is 117 Å². The minimum absolute atomic E-state index is 1.16. The fourth-order valence-corrected chi connectivity index (χ4v) is 1.17. The first-order valence-electron chi connectivity index (χ1n) is 6.17. The van der Waals surface area contributed by atoms with Crippen molar-refractivity contribution in [3.8, 4) is 0 Å². The van der Waals surface area contributed by atoms with Crippen LogP contribution in [0.5, 0.6) is 0 Å². The van der Waals surface area contributed by atoms with E-state index in [0.29, 0.717) is 0 Å². The molecule has 1 aromatic carbocycles. The summed E-state index contributed by atoms with van der Waals surface area (Å²) in [4.78, 5) is 0. The molecule has 1 heteroatoms. The molecule has 0 saturated heterocycles. The van der Waals surface area contributed by atoms with E-state index in [-0.39, 0.29) is 0 Å². The first-order chi connectivity index (χ1) is 8.65. The molecule has 98 valence electrons. The van der Waals surface area contributed by atoms with Crippen molar-refractivity contribution in [1.82, 2.24) is 0 Å². The third kappa shape index (κ3) is 7.97. The minimum Gasteiger partial charge on any atom is -0.166 e. The monoisotopic (exact) mass is 260 g/mol. The topological polar surface area (TPSA) is 0 Å². The molecule has 1 aromatic rings. The van der Waals surface area contributed by atoms with Gasteiger partial charge in [-0.05, 0) is 37.0 Å². The Morgan fingerprint density at radius 1 is 1.17 bits per heavy atom. The van der Waals surface area contributed by atoms with Crippen molar-refractivity contribution in [3.63, 3.8) is 0 Å². The summed E-state index contributed by atoms with van der Waals surface area (Å²) in [6.07, 6.45) is 8.18. The van der Waals surface area contributed by atoms with Gasteiger partial charge in [-0.3, -0.25) is 0 Å². The third-order valence-corrected chi connectivity index (χ3v) is 2.79. The Morgan fingerprint density at radius 2 is 1.72 bits per heavy atom. The molecular formula is C17H24S. The molecule has 0 aliphatic carbocycles. The predicted octanol–water partition coefficient (Wildman–Crippen LogP) is 5.59. The van der Waals surface area contributed by atoms with Gasteiger partial charge in [-0.2, -0.15) is 11.8 Å². The van der Waals surface area contributed by atoms with Gasteiger partial charge < -0.3 is 0 Å². The number of allylic oxidation sites excluding steroid dienone is 5. The van der Waals surface area contributed by atoms with E-state index in [2.05, 4.69) is 57.9 Å². The van der Waals surface area contributed by atoms with E-state index in [1.54, 1.807) is 0 Å². The first kappa shape index (κ1) is 16.8. The fraction of sp³-hybridized carbons (Fsp3) is 0.294. The Kier molecular flexibility index (Phi) is 10.2. The van der Waals surface area contributed by atoms with E-state index < -0.39 is 0 Å². The highest BCUT2D eigenvalue weighted by Gasteiger charge is 1.93. The molecule has 0 amide bonds. The van der Waals surface area contributed by atoms with E-state index >= 15 is 0 Å². The lowest BCUT2D eigenvalue weighted by Gasteiger charge is -2.00. The van der Waals surface area contributed by atoms with E-state index in [1.165, 1.54) is 16.9 Å². The van der Waals surface area contributed by atoms with Crippen LogP contribution in [-0.4, -0.2) is 12.0 Å². The van der Waals surface area contributed by atoms with Gasteiger partial charge in [0, 0.05) is 0 Å². The van der Waals surface area contributed by atoms with Crippen molar-refractivity contribution in [3.05, 3.63) is 66.3 Å². The molecule has 1 rings (SSSR count). The van der Waals surface area contributed by atoms with E-state index in [9.17, 15) is 0 Å². The smallest absolute Gasteiger partial charge is 0.00988 e. The summed E-state index contributed by atoms with van der Waals surface area (Å²) in [7, 11) is 0. The van der Waals surface area contributed by atoms with Crippen LogP contribution in [0.15, 0.2) is 60.7 Å². The van der Waals surface area contributed by atoms with Crippen molar-refractivity contribution in [1.29, 1.82) is 0 Å². The summed E-state index contributed by atoms with van der Waals surface area (Å²) >= 11 is 1.86. The van der Waals surface area contributed by atoms with Crippen LogP contribution in [0.3, 0.4) is 0 Å². The van der Waals surface area contributed by atoms with E-state index in [0.717, 1.165) is 5.57 Å². The SMILES string of the molecule is C=C/C(=C\C=C(C)C)c1ccccc1.CCSC. The van der Waals surface area contributed by atoms with Crippen molar-refractivity contribution < 1.29 is 0 Å². The maximum Gasteiger partial charge on any atom is -0.00988 e. The molecule has 0 heterocycles. The fourth-order valence-electron chi connectivity index (χ4n) is 1.17. The molecule has 0 aliphatic heterocycles. The van der Waals surface area contributed by atoms with Gasteiger partial charge in [-0.1, -0.05) is 67.6 Å². The van der Waals surface area contributed by atoms with Gasteiger partial charge in [0.1, 0.15) is 0 Å². The molecule has 0 bridgehead atoms. The normalized spacial score (nSPS) is 10.1. The van der Waals surface area contributed by atoms with Crippen molar-refractivity contribution in [2.45, 2.75) is 20.8 Å². The van der Waals surface area contributed by atoms with Gasteiger partial charge in [0.25, 0.3) is 0 Å². The van der Waals surface area contributed by atoms with Crippen molar-refractivity contribution >= 4 is 17.3 Å². The summed E-state index contributed by atoms with van der Waals surface area (Å²) in [5.74, 6) is 1.24. The molecule has 0 radical (unpaired) electrons. The van der Waals surface area contributed by atoms with Crippen LogP contribution in [0.4, 0.5) is 0 Å². The average Bonchev–Trinajstić information content (AvgIpc) is 2.40. The quantitative estimate of drug-likeness (QED) is 0.636.